The number of para-hydroxylation sites is 1. The second-order valence-corrected chi connectivity index (χ2v) is 7.23. The third-order valence-corrected chi connectivity index (χ3v) is 5.67. The van der Waals surface area contributed by atoms with Crippen LogP contribution in [0.15, 0.2) is 57.8 Å². The summed E-state index contributed by atoms with van der Waals surface area (Å²) in [4.78, 5) is 0.391. The first-order valence-electron chi connectivity index (χ1n) is 6.66. The molecule has 7 heteroatoms. The van der Waals surface area contributed by atoms with Gasteiger partial charge in [-0.1, -0.05) is 23.5 Å². The Morgan fingerprint density at radius 2 is 1.82 bits per heavy atom. The van der Waals surface area contributed by atoms with Gasteiger partial charge in [0, 0.05) is 6.54 Å². The largest absolute Gasteiger partial charge is 0.316 e. The summed E-state index contributed by atoms with van der Waals surface area (Å²) in [6.45, 7) is 2.55. The van der Waals surface area contributed by atoms with Crippen LogP contribution in [0.25, 0.3) is 10.2 Å². The Bertz CT molecular complexity index is 986. The lowest BCUT2D eigenvalue weighted by atomic mass is 10.3. The Labute approximate surface area is 131 Å². The second kappa shape index (κ2) is 5.66. The monoisotopic (exact) mass is 336 g/mol. The number of benzene rings is 2. The summed E-state index contributed by atoms with van der Waals surface area (Å²) in [5.41, 5.74) is 0.947. The van der Waals surface area contributed by atoms with E-state index in [1.54, 1.807) is 0 Å². The van der Waals surface area contributed by atoms with Crippen molar-refractivity contribution < 1.29 is 12.8 Å². The number of hydrogen-bond acceptors (Lipinski definition) is 3. The zero-order valence-electron chi connectivity index (χ0n) is 11.7. The Balaban J connectivity index is 2.21. The van der Waals surface area contributed by atoms with Gasteiger partial charge in [0.15, 0.2) is 0 Å². The van der Waals surface area contributed by atoms with Crippen LogP contribution in [-0.4, -0.2) is 13.0 Å². The first kappa shape index (κ1) is 14.9. The molecule has 22 heavy (non-hydrogen) atoms. The second-order valence-electron chi connectivity index (χ2n) is 4.62. The standard InChI is InChI=1S/C15H13FN2O2S2/c1-2-18-13-5-3-4-6-14(13)21-15(18)17-22(19,20)12-9-7-11(16)8-10-12/h3-10H,2H2,1H3. The molecule has 0 saturated heterocycles. The Morgan fingerprint density at radius 3 is 2.50 bits per heavy atom. The van der Waals surface area contributed by atoms with Gasteiger partial charge in [-0.3, -0.25) is 0 Å². The van der Waals surface area contributed by atoms with Crippen LogP contribution in [0.2, 0.25) is 0 Å². The number of aromatic nitrogens is 1. The van der Waals surface area contributed by atoms with E-state index in [1.807, 2.05) is 35.8 Å². The predicted octanol–water partition coefficient (Wildman–Crippen LogP) is 3.15. The molecule has 0 N–H and O–H groups in total. The number of thiazole rings is 1. The van der Waals surface area contributed by atoms with Gasteiger partial charge in [-0.05, 0) is 43.3 Å². The van der Waals surface area contributed by atoms with E-state index in [4.69, 9.17) is 0 Å². The molecule has 0 unspecified atom stereocenters. The smallest absolute Gasteiger partial charge is 0.285 e. The molecule has 0 atom stereocenters. The predicted molar refractivity (Wildman–Crippen MR) is 84.6 cm³/mol. The average Bonchev–Trinajstić information content (AvgIpc) is 2.83. The van der Waals surface area contributed by atoms with Gasteiger partial charge in [0.25, 0.3) is 10.0 Å². The van der Waals surface area contributed by atoms with E-state index < -0.39 is 15.8 Å². The number of hydrogen-bond donors (Lipinski definition) is 0. The number of fused-ring (bicyclic) bond motifs is 1. The molecule has 0 radical (unpaired) electrons. The van der Waals surface area contributed by atoms with Crippen molar-refractivity contribution >= 4 is 31.6 Å². The van der Waals surface area contributed by atoms with Crippen molar-refractivity contribution in [3.05, 3.63) is 59.1 Å². The van der Waals surface area contributed by atoms with Crippen molar-refractivity contribution in [2.45, 2.75) is 18.4 Å². The molecule has 0 saturated carbocycles. The van der Waals surface area contributed by atoms with E-state index in [1.165, 1.54) is 23.5 Å². The first-order valence-corrected chi connectivity index (χ1v) is 8.92. The first-order chi connectivity index (χ1) is 10.5. The molecule has 0 amide bonds. The summed E-state index contributed by atoms with van der Waals surface area (Å²) in [5, 5.41) is 0. The molecule has 0 aliphatic heterocycles. The minimum atomic E-state index is -3.86. The van der Waals surface area contributed by atoms with Gasteiger partial charge in [-0.2, -0.15) is 8.42 Å². The van der Waals surface area contributed by atoms with Gasteiger partial charge in [-0.25, -0.2) is 4.39 Å². The van der Waals surface area contributed by atoms with Crippen LogP contribution in [0.1, 0.15) is 6.92 Å². The summed E-state index contributed by atoms with van der Waals surface area (Å²) in [6, 6.07) is 12.3. The lowest BCUT2D eigenvalue weighted by molar-refractivity contribution is 0.594. The summed E-state index contributed by atoms with van der Waals surface area (Å²) in [6.07, 6.45) is 0. The molecule has 1 aromatic heterocycles. The van der Waals surface area contributed by atoms with E-state index in [2.05, 4.69) is 4.40 Å². The van der Waals surface area contributed by atoms with E-state index in [-0.39, 0.29) is 4.90 Å². The maximum absolute atomic E-state index is 12.9. The lowest BCUT2D eigenvalue weighted by Crippen LogP contribution is -2.16. The average molecular weight is 336 g/mol. The number of rotatable bonds is 3. The molecule has 1 heterocycles. The number of nitrogens with zero attached hydrogens (tertiary/aromatic N) is 2. The third kappa shape index (κ3) is 2.69. The molecule has 0 spiro atoms. The van der Waals surface area contributed by atoms with Crippen LogP contribution in [0.5, 0.6) is 0 Å². The van der Waals surface area contributed by atoms with Crippen LogP contribution in [0.4, 0.5) is 4.39 Å². The Kier molecular flexibility index (Phi) is 3.84. The van der Waals surface area contributed by atoms with Crippen molar-refractivity contribution in [2.24, 2.45) is 4.40 Å². The van der Waals surface area contributed by atoms with Crippen molar-refractivity contribution in [3.8, 4) is 0 Å². The normalized spacial score (nSPS) is 12.9. The quantitative estimate of drug-likeness (QED) is 0.738. The van der Waals surface area contributed by atoms with Crippen LogP contribution < -0.4 is 4.80 Å². The molecular formula is C15H13FN2O2S2. The number of aryl methyl sites for hydroxylation is 1. The summed E-state index contributed by atoms with van der Waals surface area (Å²) in [5.74, 6) is -0.482. The zero-order valence-corrected chi connectivity index (χ0v) is 13.4. The molecule has 114 valence electrons. The highest BCUT2D eigenvalue weighted by atomic mass is 32.2. The van der Waals surface area contributed by atoms with Crippen molar-refractivity contribution in [2.75, 3.05) is 0 Å². The molecule has 0 aliphatic carbocycles. The van der Waals surface area contributed by atoms with E-state index in [0.29, 0.717) is 11.3 Å². The Morgan fingerprint density at radius 1 is 1.14 bits per heavy atom. The van der Waals surface area contributed by atoms with Crippen molar-refractivity contribution in [1.29, 1.82) is 0 Å². The molecule has 3 aromatic rings. The molecule has 0 fully saturated rings. The maximum atomic E-state index is 12.9. The summed E-state index contributed by atoms with van der Waals surface area (Å²) < 4.78 is 44.4. The zero-order chi connectivity index (χ0) is 15.7. The van der Waals surface area contributed by atoms with Crippen LogP contribution in [0.3, 0.4) is 0 Å². The molecular weight excluding hydrogens is 323 g/mol. The van der Waals surface area contributed by atoms with Crippen LogP contribution in [0, 0.1) is 5.82 Å². The number of halogens is 1. The highest BCUT2D eigenvalue weighted by Gasteiger charge is 2.14. The molecule has 0 aliphatic rings. The molecule has 2 aromatic carbocycles. The number of sulfonamides is 1. The molecule has 3 rings (SSSR count). The minimum absolute atomic E-state index is 0.0194. The van der Waals surface area contributed by atoms with Gasteiger partial charge in [0.05, 0.1) is 15.1 Å². The third-order valence-electron chi connectivity index (χ3n) is 3.21. The molecule has 4 nitrogen and oxygen atoms in total. The van der Waals surface area contributed by atoms with Gasteiger partial charge in [0.1, 0.15) is 5.82 Å². The fourth-order valence-corrected chi connectivity index (χ4v) is 4.46. The van der Waals surface area contributed by atoms with Gasteiger partial charge in [-0.15, -0.1) is 4.40 Å². The lowest BCUT2D eigenvalue weighted by Gasteiger charge is -2.01. The van der Waals surface area contributed by atoms with E-state index in [9.17, 15) is 12.8 Å². The van der Waals surface area contributed by atoms with Crippen LogP contribution >= 0.6 is 11.3 Å². The SMILES string of the molecule is CCn1c(=NS(=O)(=O)c2ccc(F)cc2)sc2ccccc21. The maximum Gasteiger partial charge on any atom is 0.285 e. The molecule has 0 bridgehead atoms. The highest BCUT2D eigenvalue weighted by molar-refractivity contribution is 7.90. The van der Waals surface area contributed by atoms with Crippen LogP contribution in [-0.2, 0) is 16.6 Å². The topological polar surface area (TPSA) is 51.4 Å². The fourth-order valence-electron chi connectivity index (χ4n) is 2.16. The van der Waals surface area contributed by atoms with Gasteiger partial charge < -0.3 is 4.57 Å². The van der Waals surface area contributed by atoms with E-state index >= 15 is 0 Å². The summed E-state index contributed by atoms with van der Waals surface area (Å²) in [7, 11) is -3.86. The minimum Gasteiger partial charge on any atom is -0.316 e. The summed E-state index contributed by atoms with van der Waals surface area (Å²) >= 11 is 1.32. The Hall–Kier alpha value is -1.99. The van der Waals surface area contributed by atoms with Gasteiger partial charge >= 0.3 is 0 Å². The highest BCUT2D eigenvalue weighted by Crippen LogP contribution is 2.18. The van der Waals surface area contributed by atoms with E-state index in [0.717, 1.165) is 22.3 Å². The van der Waals surface area contributed by atoms with Crippen molar-refractivity contribution in [1.82, 2.24) is 4.57 Å². The van der Waals surface area contributed by atoms with Gasteiger partial charge in [0.2, 0.25) is 4.80 Å². The van der Waals surface area contributed by atoms with Crippen molar-refractivity contribution in [3.63, 3.8) is 0 Å². The fraction of sp³-hybridized carbons (Fsp3) is 0.133.